The molecule has 1 fully saturated rings. The molecule has 2 atom stereocenters. The largest absolute Gasteiger partial charge is 0.381 e. The van der Waals surface area contributed by atoms with Gasteiger partial charge in [0.15, 0.2) is 0 Å². The Bertz CT molecular complexity index is 318. The Morgan fingerprint density at radius 3 is 2.56 bits per heavy atom. The molecule has 7 heteroatoms. The van der Waals surface area contributed by atoms with Gasteiger partial charge in [-0.05, 0) is 12.8 Å². The lowest BCUT2D eigenvalue weighted by Crippen LogP contribution is -2.54. The predicted octanol–water partition coefficient (Wildman–Crippen LogP) is -0.769. The quantitative estimate of drug-likeness (QED) is 0.712. The molecular formula is C9H21N3O3S. The fourth-order valence-electron chi connectivity index (χ4n) is 1.93. The molecule has 1 rings (SSSR count). The van der Waals surface area contributed by atoms with Crippen LogP contribution in [0, 0.1) is 0 Å². The fraction of sp³-hybridized carbons (Fsp3) is 1.00. The third-order valence-electron chi connectivity index (χ3n) is 2.98. The molecule has 0 aromatic rings. The van der Waals surface area contributed by atoms with Crippen LogP contribution in [-0.2, 0) is 14.9 Å². The van der Waals surface area contributed by atoms with Crippen molar-refractivity contribution in [1.29, 1.82) is 0 Å². The molecule has 0 aromatic heterocycles. The molecule has 0 amide bonds. The Balaban J connectivity index is 2.82. The van der Waals surface area contributed by atoms with Crippen LogP contribution in [0.25, 0.3) is 0 Å². The Morgan fingerprint density at radius 1 is 1.50 bits per heavy atom. The van der Waals surface area contributed by atoms with Crippen LogP contribution in [0.4, 0.5) is 0 Å². The molecular weight excluding hydrogens is 230 g/mol. The van der Waals surface area contributed by atoms with Crippen molar-refractivity contribution >= 4 is 10.2 Å². The molecule has 0 aliphatic carbocycles. The van der Waals surface area contributed by atoms with Crippen molar-refractivity contribution < 1.29 is 13.2 Å². The summed E-state index contributed by atoms with van der Waals surface area (Å²) in [5.74, 6) is 0. The van der Waals surface area contributed by atoms with Crippen molar-refractivity contribution in [3.8, 4) is 0 Å². The molecule has 0 saturated carbocycles. The van der Waals surface area contributed by atoms with Crippen LogP contribution in [0.15, 0.2) is 0 Å². The summed E-state index contributed by atoms with van der Waals surface area (Å²) in [6.07, 6.45) is 1.50. The maximum Gasteiger partial charge on any atom is 0.281 e. The second kappa shape index (κ2) is 5.42. The van der Waals surface area contributed by atoms with E-state index in [0.29, 0.717) is 19.5 Å². The summed E-state index contributed by atoms with van der Waals surface area (Å²) >= 11 is 0. The lowest BCUT2D eigenvalue weighted by molar-refractivity contribution is 0.0389. The summed E-state index contributed by atoms with van der Waals surface area (Å²) in [7, 11) is 1.35. The summed E-state index contributed by atoms with van der Waals surface area (Å²) in [5, 5.41) is 0. The molecule has 1 aliphatic heterocycles. The highest BCUT2D eigenvalue weighted by atomic mass is 32.2. The Hall–Kier alpha value is -0.210. The lowest BCUT2D eigenvalue weighted by atomic mass is 10.0. The van der Waals surface area contributed by atoms with Crippen LogP contribution in [0.5, 0.6) is 0 Å². The Kier molecular flexibility index (Phi) is 4.69. The van der Waals surface area contributed by atoms with E-state index in [1.165, 1.54) is 22.7 Å². The second-order valence-electron chi connectivity index (χ2n) is 4.17. The highest BCUT2D eigenvalue weighted by Crippen LogP contribution is 2.22. The topological polar surface area (TPSA) is 75.9 Å². The number of hydrogen-bond donors (Lipinski definition) is 1. The number of methoxy groups -OCH3 is 1. The van der Waals surface area contributed by atoms with Crippen molar-refractivity contribution in [1.82, 2.24) is 8.61 Å². The van der Waals surface area contributed by atoms with Gasteiger partial charge >= 0.3 is 0 Å². The minimum atomic E-state index is -3.36. The number of piperidine rings is 1. The van der Waals surface area contributed by atoms with E-state index in [2.05, 4.69) is 0 Å². The number of nitrogens with two attached hydrogens (primary N) is 1. The van der Waals surface area contributed by atoms with Gasteiger partial charge in [-0.2, -0.15) is 17.0 Å². The summed E-state index contributed by atoms with van der Waals surface area (Å²) in [4.78, 5) is 0. The van der Waals surface area contributed by atoms with Crippen LogP contribution >= 0.6 is 0 Å². The first-order valence-electron chi connectivity index (χ1n) is 5.35. The normalized spacial score (nSPS) is 28.6. The molecule has 1 aliphatic rings. The average molecular weight is 251 g/mol. The minimum Gasteiger partial charge on any atom is -0.381 e. The van der Waals surface area contributed by atoms with Gasteiger partial charge < -0.3 is 10.5 Å². The zero-order valence-corrected chi connectivity index (χ0v) is 10.9. The van der Waals surface area contributed by atoms with Crippen LogP contribution in [-0.4, -0.2) is 63.5 Å². The first-order chi connectivity index (χ1) is 7.43. The van der Waals surface area contributed by atoms with Crippen molar-refractivity contribution in [2.24, 2.45) is 5.73 Å². The number of rotatable bonds is 4. The maximum atomic E-state index is 12.0. The zero-order valence-electron chi connectivity index (χ0n) is 10.1. The average Bonchev–Trinajstić information content (AvgIpc) is 2.27. The van der Waals surface area contributed by atoms with E-state index < -0.39 is 10.2 Å². The van der Waals surface area contributed by atoms with Crippen molar-refractivity contribution in [3.63, 3.8) is 0 Å². The van der Waals surface area contributed by atoms with Gasteiger partial charge in [0, 0.05) is 40.3 Å². The third-order valence-corrected chi connectivity index (χ3v) is 4.97. The molecule has 6 nitrogen and oxygen atoms in total. The maximum absolute atomic E-state index is 12.0. The van der Waals surface area contributed by atoms with E-state index in [-0.39, 0.29) is 12.1 Å². The Labute approximate surface area is 97.5 Å². The Morgan fingerprint density at radius 2 is 2.12 bits per heavy atom. The van der Waals surface area contributed by atoms with E-state index in [1.807, 2.05) is 0 Å². The van der Waals surface area contributed by atoms with E-state index in [1.54, 1.807) is 7.11 Å². The molecule has 0 aromatic carbocycles. The molecule has 1 saturated heterocycles. The van der Waals surface area contributed by atoms with Crippen molar-refractivity contribution in [2.45, 2.75) is 25.0 Å². The fourth-order valence-corrected chi connectivity index (χ4v) is 3.24. The van der Waals surface area contributed by atoms with Gasteiger partial charge in [0.2, 0.25) is 0 Å². The van der Waals surface area contributed by atoms with Gasteiger partial charge in [-0.15, -0.1) is 0 Å². The number of nitrogens with zero attached hydrogens (tertiary/aromatic N) is 2. The van der Waals surface area contributed by atoms with Crippen LogP contribution < -0.4 is 5.73 Å². The molecule has 0 spiro atoms. The monoisotopic (exact) mass is 251 g/mol. The SMILES string of the molecule is COC1CCN(S(=O)(=O)N(C)C)C(CN)C1. The second-order valence-corrected chi connectivity index (χ2v) is 6.27. The van der Waals surface area contributed by atoms with Gasteiger partial charge in [-0.25, -0.2) is 0 Å². The van der Waals surface area contributed by atoms with Gasteiger partial charge in [-0.1, -0.05) is 0 Å². The van der Waals surface area contributed by atoms with Gasteiger partial charge in [0.05, 0.1) is 6.10 Å². The molecule has 2 unspecified atom stereocenters. The lowest BCUT2D eigenvalue weighted by Gasteiger charge is -2.38. The summed E-state index contributed by atoms with van der Waals surface area (Å²) in [5.41, 5.74) is 5.63. The van der Waals surface area contributed by atoms with Crippen LogP contribution in [0.2, 0.25) is 0 Å². The minimum absolute atomic E-state index is 0.113. The smallest absolute Gasteiger partial charge is 0.281 e. The molecule has 0 bridgehead atoms. The summed E-state index contributed by atoms with van der Waals surface area (Å²) < 4.78 is 32.0. The summed E-state index contributed by atoms with van der Waals surface area (Å²) in [6.45, 7) is 0.799. The van der Waals surface area contributed by atoms with Crippen molar-refractivity contribution in [3.05, 3.63) is 0 Å². The predicted molar refractivity (Wildman–Crippen MR) is 62.2 cm³/mol. The van der Waals surface area contributed by atoms with E-state index in [9.17, 15) is 8.42 Å². The molecule has 1 heterocycles. The molecule has 2 N–H and O–H groups in total. The molecule has 16 heavy (non-hydrogen) atoms. The third kappa shape index (κ3) is 2.72. The first-order valence-corrected chi connectivity index (χ1v) is 6.75. The van der Waals surface area contributed by atoms with Crippen molar-refractivity contribution in [2.75, 3.05) is 34.3 Å². The van der Waals surface area contributed by atoms with E-state index in [0.717, 1.165) is 6.42 Å². The highest BCUT2D eigenvalue weighted by Gasteiger charge is 2.36. The van der Waals surface area contributed by atoms with Gasteiger partial charge in [-0.3, -0.25) is 0 Å². The van der Waals surface area contributed by atoms with Gasteiger partial charge in [0.1, 0.15) is 0 Å². The van der Waals surface area contributed by atoms with Crippen LogP contribution in [0.3, 0.4) is 0 Å². The number of ether oxygens (including phenoxy) is 1. The molecule has 96 valence electrons. The van der Waals surface area contributed by atoms with E-state index in [4.69, 9.17) is 10.5 Å². The first kappa shape index (κ1) is 13.9. The highest BCUT2D eigenvalue weighted by molar-refractivity contribution is 7.86. The summed E-state index contributed by atoms with van der Waals surface area (Å²) in [6, 6.07) is -0.161. The standard InChI is InChI=1S/C9H21N3O3S/c1-11(2)16(13,14)12-5-4-9(15-3)6-8(12)7-10/h8-9H,4-7,10H2,1-3H3. The zero-order chi connectivity index (χ0) is 12.3. The van der Waals surface area contributed by atoms with Crippen LogP contribution in [0.1, 0.15) is 12.8 Å². The molecule has 0 radical (unpaired) electrons. The van der Waals surface area contributed by atoms with Gasteiger partial charge in [0.25, 0.3) is 10.2 Å². The number of hydrogen-bond acceptors (Lipinski definition) is 4. The van der Waals surface area contributed by atoms with E-state index >= 15 is 0 Å².